The summed E-state index contributed by atoms with van der Waals surface area (Å²) in [5.41, 5.74) is 0.0584. The van der Waals surface area contributed by atoms with Crippen LogP contribution in [-0.2, 0) is 0 Å². The number of alkyl halides is 1. The number of nitro benzene ring substituents is 1. The first kappa shape index (κ1) is 14.6. The first-order valence-electron chi connectivity index (χ1n) is 6.19. The fraction of sp³-hybridized carbons (Fsp3) is 0.538. The minimum Gasteiger partial charge on any atom is -0.486 e. The molecule has 1 aromatic rings. The second-order valence-corrected chi connectivity index (χ2v) is 6.00. The number of ether oxygens (including phenoxy) is 1. The molecule has 0 amide bonds. The lowest BCUT2D eigenvalue weighted by Crippen LogP contribution is -2.27. The van der Waals surface area contributed by atoms with Gasteiger partial charge in [-0.15, -0.1) is 0 Å². The largest absolute Gasteiger partial charge is 0.486 e. The van der Waals surface area contributed by atoms with Gasteiger partial charge in [0.05, 0.1) is 11.5 Å². The van der Waals surface area contributed by atoms with E-state index in [9.17, 15) is 10.1 Å². The standard InChI is InChI=1S/C13H15BrClNO3/c14-8-13(5-1-2-6-13)9-19-12-7-10(15)3-4-11(12)16(17)18/h3-4,7H,1-2,5-6,8-9H2. The second kappa shape index (κ2) is 6.09. The summed E-state index contributed by atoms with van der Waals surface area (Å²) in [6.07, 6.45) is 4.55. The van der Waals surface area contributed by atoms with E-state index in [0.29, 0.717) is 11.6 Å². The third-order valence-electron chi connectivity index (χ3n) is 3.60. The van der Waals surface area contributed by atoms with Crippen LogP contribution in [0.25, 0.3) is 0 Å². The number of rotatable bonds is 5. The van der Waals surface area contributed by atoms with Crippen molar-refractivity contribution in [1.29, 1.82) is 0 Å². The molecule has 1 aliphatic rings. The van der Waals surface area contributed by atoms with Gasteiger partial charge in [0.1, 0.15) is 0 Å². The lowest BCUT2D eigenvalue weighted by atomic mass is 9.90. The van der Waals surface area contributed by atoms with E-state index in [2.05, 4.69) is 15.9 Å². The highest BCUT2D eigenvalue weighted by Crippen LogP contribution is 2.41. The van der Waals surface area contributed by atoms with E-state index in [1.165, 1.54) is 31.0 Å². The zero-order chi connectivity index (χ0) is 13.9. The molecule has 0 bridgehead atoms. The Hall–Kier alpha value is -0.810. The summed E-state index contributed by atoms with van der Waals surface area (Å²) >= 11 is 9.40. The van der Waals surface area contributed by atoms with Gasteiger partial charge in [-0.05, 0) is 18.9 Å². The summed E-state index contributed by atoms with van der Waals surface area (Å²) in [6.45, 7) is 0.486. The molecule has 6 heteroatoms. The van der Waals surface area contributed by atoms with Crippen molar-refractivity contribution in [3.63, 3.8) is 0 Å². The summed E-state index contributed by atoms with van der Waals surface area (Å²) < 4.78 is 5.70. The Balaban J connectivity index is 2.14. The number of nitrogens with zero attached hydrogens (tertiary/aromatic N) is 1. The van der Waals surface area contributed by atoms with Crippen LogP contribution >= 0.6 is 27.5 Å². The average molecular weight is 349 g/mol. The Bertz CT molecular complexity index is 475. The Kier molecular flexibility index (Phi) is 4.68. The Labute approximate surface area is 125 Å². The van der Waals surface area contributed by atoms with Crippen LogP contribution < -0.4 is 4.74 Å². The van der Waals surface area contributed by atoms with Crippen LogP contribution in [0.3, 0.4) is 0 Å². The van der Waals surface area contributed by atoms with E-state index in [4.69, 9.17) is 16.3 Å². The molecule has 0 saturated heterocycles. The van der Waals surface area contributed by atoms with E-state index in [-0.39, 0.29) is 16.9 Å². The number of benzene rings is 1. The molecule has 1 fully saturated rings. The van der Waals surface area contributed by atoms with Gasteiger partial charge in [0, 0.05) is 27.9 Å². The number of hydrogen-bond acceptors (Lipinski definition) is 3. The molecule has 0 atom stereocenters. The SMILES string of the molecule is O=[N+]([O-])c1ccc(Cl)cc1OCC1(CBr)CCCC1. The first-order chi connectivity index (χ1) is 9.06. The fourth-order valence-corrected chi connectivity index (χ4v) is 3.31. The van der Waals surface area contributed by atoms with Gasteiger partial charge in [0.2, 0.25) is 0 Å². The molecule has 104 valence electrons. The van der Waals surface area contributed by atoms with Gasteiger partial charge in [0.15, 0.2) is 5.75 Å². The molecule has 2 rings (SSSR count). The lowest BCUT2D eigenvalue weighted by Gasteiger charge is -2.26. The maximum atomic E-state index is 11.0. The molecular weight excluding hydrogens is 334 g/mol. The topological polar surface area (TPSA) is 52.4 Å². The number of halogens is 2. The van der Waals surface area contributed by atoms with Crippen molar-refractivity contribution in [3.8, 4) is 5.75 Å². The molecule has 1 aromatic carbocycles. The third kappa shape index (κ3) is 3.39. The number of nitro groups is 1. The minimum atomic E-state index is -0.443. The van der Waals surface area contributed by atoms with Gasteiger partial charge in [-0.1, -0.05) is 40.4 Å². The molecule has 0 spiro atoms. The molecule has 1 saturated carbocycles. The zero-order valence-corrected chi connectivity index (χ0v) is 12.7. The third-order valence-corrected chi connectivity index (χ3v) is 5.02. The van der Waals surface area contributed by atoms with Crippen LogP contribution in [0.1, 0.15) is 25.7 Å². The lowest BCUT2D eigenvalue weighted by molar-refractivity contribution is -0.386. The quantitative estimate of drug-likeness (QED) is 0.444. The van der Waals surface area contributed by atoms with Crippen molar-refractivity contribution < 1.29 is 9.66 Å². The normalized spacial score (nSPS) is 17.4. The van der Waals surface area contributed by atoms with Gasteiger partial charge in [-0.2, -0.15) is 0 Å². The molecule has 4 nitrogen and oxygen atoms in total. The van der Waals surface area contributed by atoms with Crippen LogP contribution in [-0.4, -0.2) is 16.9 Å². The van der Waals surface area contributed by atoms with Crippen molar-refractivity contribution in [2.75, 3.05) is 11.9 Å². The molecule has 19 heavy (non-hydrogen) atoms. The maximum absolute atomic E-state index is 11.0. The van der Waals surface area contributed by atoms with Gasteiger partial charge in [0.25, 0.3) is 0 Å². The van der Waals surface area contributed by atoms with Gasteiger partial charge in [-0.25, -0.2) is 0 Å². The highest BCUT2D eigenvalue weighted by Gasteiger charge is 2.34. The van der Waals surface area contributed by atoms with Crippen LogP contribution in [0.4, 0.5) is 5.69 Å². The van der Waals surface area contributed by atoms with Crippen molar-refractivity contribution in [2.45, 2.75) is 25.7 Å². The van der Waals surface area contributed by atoms with E-state index in [1.807, 2.05) is 0 Å². The fourth-order valence-electron chi connectivity index (χ4n) is 2.43. The van der Waals surface area contributed by atoms with Crippen LogP contribution in [0, 0.1) is 15.5 Å². The van der Waals surface area contributed by atoms with Crippen LogP contribution in [0.2, 0.25) is 5.02 Å². The summed E-state index contributed by atoms with van der Waals surface area (Å²) in [6, 6.07) is 4.39. The second-order valence-electron chi connectivity index (χ2n) is 5.00. The minimum absolute atomic E-state index is 0.0351. The Morgan fingerprint density at radius 1 is 1.42 bits per heavy atom. The highest BCUT2D eigenvalue weighted by molar-refractivity contribution is 9.09. The van der Waals surface area contributed by atoms with Crippen molar-refractivity contribution in [2.24, 2.45) is 5.41 Å². The predicted octanol–water partition coefficient (Wildman–Crippen LogP) is 4.58. The maximum Gasteiger partial charge on any atom is 0.311 e. The Morgan fingerprint density at radius 2 is 2.11 bits per heavy atom. The molecule has 0 unspecified atom stereocenters. The molecule has 0 aromatic heterocycles. The van der Waals surface area contributed by atoms with Crippen LogP contribution in [0.15, 0.2) is 18.2 Å². The Morgan fingerprint density at radius 3 is 2.68 bits per heavy atom. The molecule has 0 radical (unpaired) electrons. The van der Waals surface area contributed by atoms with Gasteiger partial charge in [-0.3, -0.25) is 10.1 Å². The van der Waals surface area contributed by atoms with Crippen LogP contribution in [0.5, 0.6) is 5.75 Å². The summed E-state index contributed by atoms with van der Waals surface area (Å²) in [5.74, 6) is 0.254. The summed E-state index contributed by atoms with van der Waals surface area (Å²) in [5, 5.41) is 12.3. The molecule has 0 heterocycles. The van der Waals surface area contributed by atoms with E-state index >= 15 is 0 Å². The summed E-state index contributed by atoms with van der Waals surface area (Å²) in [7, 11) is 0. The smallest absolute Gasteiger partial charge is 0.311 e. The molecule has 0 aliphatic heterocycles. The van der Waals surface area contributed by atoms with Crippen molar-refractivity contribution >= 4 is 33.2 Å². The van der Waals surface area contributed by atoms with Gasteiger partial charge >= 0.3 is 5.69 Å². The van der Waals surface area contributed by atoms with E-state index < -0.39 is 4.92 Å². The average Bonchev–Trinajstić information content (AvgIpc) is 2.85. The molecule has 0 N–H and O–H groups in total. The number of hydrogen-bond donors (Lipinski definition) is 0. The monoisotopic (exact) mass is 347 g/mol. The van der Waals surface area contributed by atoms with Crippen molar-refractivity contribution in [1.82, 2.24) is 0 Å². The van der Waals surface area contributed by atoms with E-state index in [1.54, 1.807) is 0 Å². The summed E-state index contributed by atoms with van der Waals surface area (Å²) in [4.78, 5) is 10.5. The molecule has 1 aliphatic carbocycles. The molecular formula is C13H15BrClNO3. The highest BCUT2D eigenvalue weighted by atomic mass is 79.9. The zero-order valence-electron chi connectivity index (χ0n) is 10.4. The van der Waals surface area contributed by atoms with E-state index in [0.717, 1.165) is 18.2 Å². The first-order valence-corrected chi connectivity index (χ1v) is 7.69. The van der Waals surface area contributed by atoms with Crippen molar-refractivity contribution in [3.05, 3.63) is 33.3 Å². The predicted molar refractivity (Wildman–Crippen MR) is 78.3 cm³/mol. The van der Waals surface area contributed by atoms with Gasteiger partial charge < -0.3 is 4.74 Å².